The molecule has 0 bridgehead atoms. The molecule has 1 heterocycles. The third kappa shape index (κ3) is 2.76. The Morgan fingerprint density at radius 2 is 2.21 bits per heavy atom. The summed E-state index contributed by atoms with van der Waals surface area (Å²) in [7, 11) is 0. The van der Waals surface area contributed by atoms with Crippen molar-refractivity contribution in [3.05, 3.63) is 28.1 Å². The van der Waals surface area contributed by atoms with Gasteiger partial charge in [0.15, 0.2) is 0 Å². The molecule has 2 rings (SSSR count). The lowest BCUT2D eigenvalue weighted by Gasteiger charge is -2.32. The van der Waals surface area contributed by atoms with Crippen molar-refractivity contribution in [2.24, 2.45) is 0 Å². The van der Waals surface area contributed by atoms with E-state index in [2.05, 4.69) is 5.32 Å². The quantitative estimate of drug-likeness (QED) is 0.633. The summed E-state index contributed by atoms with van der Waals surface area (Å²) in [5.41, 5.74) is 0.190. The van der Waals surface area contributed by atoms with E-state index in [-0.39, 0.29) is 35.5 Å². The van der Waals surface area contributed by atoms with Gasteiger partial charge in [-0.05, 0) is 26.7 Å². The lowest BCUT2D eigenvalue weighted by atomic mass is 9.89. The number of aromatic nitrogens is 1. The summed E-state index contributed by atoms with van der Waals surface area (Å²) in [5, 5.41) is 22.7. The largest absolute Gasteiger partial charge is 0.393 e. The Bertz CT molecular complexity index is 503. The second-order valence-electron chi connectivity index (χ2n) is 5.14. The van der Waals surface area contributed by atoms with Gasteiger partial charge in [0.05, 0.1) is 17.2 Å². The molecule has 1 aliphatic rings. The fourth-order valence-electron chi connectivity index (χ4n) is 2.14. The van der Waals surface area contributed by atoms with Crippen molar-refractivity contribution in [2.45, 2.75) is 44.9 Å². The van der Waals surface area contributed by atoms with E-state index in [1.165, 1.54) is 12.3 Å². The zero-order valence-electron chi connectivity index (χ0n) is 10.9. The molecule has 1 fully saturated rings. The van der Waals surface area contributed by atoms with E-state index in [9.17, 15) is 20.0 Å². The van der Waals surface area contributed by atoms with Gasteiger partial charge in [-0.1, -0.05) is 0 Å². The predicted molar refractivity (Wildman–Crippen MR) is 68.0 cm³/mol. The van der Waals surface area contributed by atoms with Crippen LogP contribution in [0.4, 0.5) is 5.69 Å². The van der Waals surface area contributed by atoms with Crippen molar-refractivity contribution >= 4 is 11.6 Å². The monoisotopic (exact) mass is 267 g/mol. The first-order valence-corrected chi connectivity index (χ1v) is 6.23. The van der Waals surface area contributed by atoms with Crippen LogP contribution in [-0.2, 0) is 0 Å². The fourth-order valence-corrected chi connectivity index (χ4v) is 2.14. The molecular formula is C12H17N3O4. The van der Waals surface area contributed by atoms with Crippen LogP contribution in [0.5, 0.6) is 0 Å². The Labute approximate surface area is 110 Å². The van der Waals surface area contributed by atoms with Crippen molar-refractivity contribution in [3.63, 3.8) is 0 Å². The van der Waals surface area contributed by atoms with E-state index in [0.29, 0.717) is 12.8 Å². The van der Waals surface area contributed by atoms with Gasteiger partial charge >= 0.3 is 0 Å². The van der Waals surface area contributed by atoms with Crippen molar-refractivity contribution in [1.82, 2.24) is 9.88 Å². The molecule has 0 radical (unpaired) electrons. The van der Waals surface area contributed by atoms with Crippen LogP contribution in [0.25, 0.3) is 0 Å². The van der Waals surface area contributed by atoms with Gasteiger partial charge in [-0.2, -0.15) is 0 Å². The molecule has 1 saturated carbocycles. The van der Waals surface area contributed by atoms with Crippen molar-refractivity contribution in [3.8, 4) is 0 Å². The Morgan fingerprint density at radius 3 is 2.68 bits per heavy atom. The molecule has 19 heavy (non-hydrogen) atoms. The van der Waals surface area contributed by atoms with Gasteiger partial charge in [0.25, 0.3) is 11.6 Å². The molecule has 0 unspecified atom stereocenters. The number of hydrogen-bond acceptors (Lipinski definition) is 4. The predicted octanol–water partition coefficient (Wildman–Crippen LogP) is 1.23. The first-order chi connectivity index (χ1) is 8.88. The van der Waals surface area contributed by atoms with Crippen LogP contribution in [-0.4, -0.2) is 32.6 Å². The molecule has 7 heteroatoms. The zero-order chi connectivity index (χ0) is 14.2. The zero-order valence-corrected chi connectivity index (χ0v) is 10.9. The Kier molecular flexibility index (Phi) is 3.57. The Morgan fingerprint density at radius 1 is 1.58 bits per heavy atom. The van der Waals surface area contributed by atoms with Gasteiger partial charge in [-0.25, -0.2) is 0 Å². The minimum absolute atomic E-state index is 0.0403. The smallest absolute Gasteiger partial charge is 0.287 e. The van der Waals surface area contributed by atoms with Gasteiger partial charge < -0.3 is 15.0 Å². The van der Waals surface area contributed by atoms with Crippen LogP contribution in [0.1, 0.15) is 43.2 Å². The number of amides is 1. The van der Waals surface area contributed by atoms with E-state index in [4.69, 9.17) is 0 Å². The SMILES string of the molecule is CC(C)n1cc([N+](=O)[O-])cc1C(=O)NC1CC(O)C1. The summed E-state index contributed by atoms with van der Waals surface area (Å²) in [6, 6.07) is 1.20. The average Bonchev–Trinajstić information content (AvgIpc) is 2.71. The first kappa shape index (κ1) is 13.5. The molecule has 104 valence electrons. The van der Waals surface area contributed by atoms with Crippen molar-refractivity contribution < 1.29 is 14.8 Å². The molecule has 0 aromatic carbocycles. The summed E-state index contributed by atoms with van der Waals surface area (Å²) in [6.07, 6.45) is 2.10. The highest BCUT2D eigenvalue weighted by Crippen LogP contribution is 2.23. The highest BCUT2D eigenvalue weighted by atomic mass is 16.6. The molecule has 1 aromatic heterocycles. The highest BCUT2D eigenvalue weighted by Gasteiger charge is 2.30. The number of nitrogens with zero attached hydrogens (tertiary/aromatic N) is 2. The highest BCUT2D eigenvalue weighted by molar-refractivity contribution is 5.93. The number of nitrogens with one attached hydrogen (secondary N) is 1. The maximum Gasteiger partial charge on any atom is 0.287 e. The molecular weight excluding hydrogens is 250 g/mol. The van der Waals surface area contributed by atoms with E-state index in [0.717, 1.165) is 0 Å². The second-order valence-corrected chi connectivity index (χ2v) is 5.14. The van der Waals surface area contributed by atoms with Gasteiger partial charge in [-0.15, -0.1) is 0 Å². The molecule has 0 atom stereocenters. The van der Waals surface area contributed by atoms with Crippen LogP contribution in [0, 0.1) is 10.1 Å². The average molecular weight is 267 g/mol. The van der Waals surface area contributed by atoms with E-state index in [1.54, 1.807) is 4.57 Å². The van der Waals surface area contributed by atoms with Gasteiger partial charge in [0.2, 0.25) is 0 Å². The molecule has 2 N–H and O–H groups in total. The molecule has 1 aliphatic carbocycles. The normalized spacial score (nSPS) is 22.1. The second kappa shape index (κ2) is 5.00. The van der Waals surface area contributed by atoms with E-state index < -0.39 is 4.92 Å². The third-order valence-electron chi connectivity index (χ3n) is 3.28. The van der Waals surface area contributed by atoms with Gasteiger partial charge in [0.1, 0.15) is 5.69 Å². The Hall–Kier alpha value is -1.89. The molecule has 1 aromatic rings. The maximum absolute atomic E-state index is 12.1. The summed E-state index contributed by atoms with van der Waals surface area (Å²) < 4.78 is 1.59. The fraction of sp³-hybridized carbons (Fsp3) is 0.583. The van der Waals surface area contributed by atoms with Crippen molar-refractivity contribution in [2.75, 3.05) is 0 Å². The standard InChI is InChI=1S/C12H17N3O4/c1-7(2)14-6-9(15(18)19)5-11(14)12(17)13-8-3-10(16)4-8/h5-8,10,16H,3-4H2,1-2H3,(H,13,17). The lowest BCUT2D eigenvalue weighted by Crippen LogP contribution is -2.47. The molecule has 0 aliphatic heterocycles. The first-order valence-electron chi connectivity index (χ1n) is 6.23. The van der Waals surface area contributed by atoms with Gasteiger partial charge in [0, 0.05) is 18.2 Å². The van der Waals surface area contributed by atoms with Crippen molar-refractivity contribution in [1.29, 1.82) is 0 Å². The Balaban J connectivity index is 2.17. The number of aliphatic hydroxyl groups is 1. The minimum Gasteiger partial charge on any atom is -0.393 e. The number of nitro groups is 1. The summed E-state index contributed by atoms with van der Waals surface area (Å²) in [4.78, 5) is 22.3. The van der Waals surface area contributed by atoms with Crippen LogP contribution < -0.4 is 5.32 Å². The lowest BCUT2D eigenvalue weighted by molar-refractivity contribution is -0.384. The van der Waals surface area contributed by atoms with Crippen LogP contribution in [0.3, 0.4) is 0 Å². The van der Waals surface area contributed by atoms with Crippen LogP contribution in [0.2, 0.25) is 0 Å². The van der Waals surface area contributed by atoms with Crippen LogP contribution in [0.15, 0.2) is 12.3 Å². The molecule has 7 nitrogen and oxygen atoms in total. The summed E-state index contributed by atoms with van der Waals surface area (Å²) in [6.45, 7) is 3.71. The van der Waals surface area contributed by atoms with E-state index in [1.807, 2.05) is 13.8 Å². The number of carbonyl (C=O) groups excluding carboxylic acids is 1. The number of aliphatic hydroxyl groups excluding tert-OH is 1. The van der Waals surface area contributed by atoms with Gasteiger partial charge in [-0.3, -0.25) is 14.9 Å². The molecule has 0 saturated heterocycles. The number of carbonyl (C=O) groups is 1. The summed E-state index contributed by atoms with van der Waals surface area (Å²) >= 11 is 0. The minimum atomic E-state index is -0.511. The van der Waals surface area contributed by atoms with E-state index >= 15 is 0 Å². The molecule has 1 amide bonds. The van der Waals surface area contributed by atoms with Crippen LogP contribution >= 0.6 is 0 Å². The third-order valence-corrected chi connectivity index (χ3v) is 3.28. The number of hydrogen-bond donors (Lipinski definition) is 2. The molecule has 0 spiro atoms. The number of rotatable bonds is 4. The maximum atomic E-state index is 12.1. The summed E-state index contributed by atoms with van der Waals surface area (Å²) in [5.74, 6) is -0.335. The topological polar surface area (TPSA) is 97.4 Å².